The molecule has 0 bridgehead atoms. The first kappa shape index (κ1) is 18.3. The van der Waals surface area contributed by atoms with Crippen molar-refractivity contribution in [3.63, 3.8) is 0 Å². The third-order valence-electron chi connectivity index (χ3n) is 4.76. The molecule has 0 aliphatic carbocycles. The molecule has 0 atom stereocenters. The molecule has 138 valence electrons. The van der Waals surface area contributed by atoms with Gasteiger partial charge in [0.25, 0.3) is 0 Å². The van der Waals surface area contributed by atoms with Crippen molar-refractivity contribution in [2.24, 2.45) is 0 Å². The lowest BCUT2D eigenvalue weighted by Gasteiger charge is -2.36. The fourth-order valence-electron chi connectivity index (χ4n) is 3.28. The number of ether oxygens (including phenoxy) is 1. The Hall–Kier alpha value is -2.53. The van der Waals surface area contributed by atoms with Crippen LogP contribution in [0.15, 0.2) is 54.6 Å². The van der Waals surface area contributed by atoms with Crippen LogP contribution >= 0.6 is 0 Å². The number of benzene rings is 2. The molecule has 3 rings (SSSR count). The van der Waals surface area contributed by atoms with E-state index in [4.69, 9.17) is 4.74 Å². The largest absolute Gasteiger partial charge is 0.465 e. The minimum atomic E-state index is -0.301. The third kappa shape index (κ3) is 4.99. The number of nitrogens with zero attached hydrogens (tertiary/aromatic N) is 2. The van der Waals surface area contributed by atoms with E-state index in [0.29, 0.717) is 5.56 Å². The van der Waals surface area contributed by atoms with E-state index in [9.17, 15) is 4.79 Å². The lowest BCUT2D eigenvalue weighted by molar-refractivity contribution is 0.0601. The number of hydrogen-bond donors (Lipinski definition) is 1. The molecular weight excluding hydrogens is 326 g/mol. The van der Waals surface area contributed by atoms with Crippen LogP contribution in [0.1, 0.15) is 16.8 Å². The van der Waals surface area contributed by atoms with Crippen LogP contribution in [0.2, 0.25) is 0 Å². The van der Waals surface area contributed by atoms with Crippen molar-refractivity contribution in [2.75, 3.05) is 56.6 Å². The average molecular weight is 353 g/mol. The average Bonchev–Trinajstić information content (AvgIpc) is 2.72. The Labute approximate surface area is 155 Å². The van der Waals surface area contributed by atoms with Crippen molar-refractivity contribution >= 4 is 17.3 Å². The number of hydrogen-bond acceptors (Lipinski definition) is 5. The molecule has 2 aromatic rings. The highest BCUT2D eigenvalue weighted by Crippen LogP contribution is 2.16. The molecule has 0 aromatic heterocycles. The highest BCUT2D eigenvalue weighted by molar-refractivity contribution is 5.90. The number of esters is 1. The van der Waals surface area contributed by atoms with Gasteiger partial charge in [-0.2, -0.15) is 0 Å². The maximum Gasteiger partial charge on any atom is 0.337 e. The van der Waals surface area contributed by atoms with Gasteiger partial charge in [0.1, 0.15) is 0 Å². The van der Waals surface area contributed by atoms with Gasteiger partial charge in [-0.15, -0.1) is 0 Å². The molecule has 5 heteroatoms. The predicted molar refractivity (Wildman–Crippen MR) is 106 cm³/mol. The van der Waals surface area contributed by atoms with Crippen LogP contribution in [0, 0.1) is 0 Å². The molecule has 26 heavy (non-hydrogen) atoms. The van der Waals surface area contributed by atoms with E-state index >= 15 is 0 Å². The van der Waals surface area contributed by atoms with Crippen LogP contribution in [0.3, 0.4) is 0 Å². The molecule has 0 saturated carbocycles. The standard InChI is InChI=1S/C21H27N3O2/c1-26-21(25)18-7-5-8-19(17-18)22-11-6-12-23-13-15-24(16-14-23)20-9-3-2-4-10-20/h2-5,7-10,17,22H,6,11-16H2,1H3. The van der Waals surface area contributed by atoms with Gasteiger partial charge < -0.3 is 15.0 Å². The molecule has 0 radical (unpaired) electrons. The number of carbonyl (C=O) groups excluding carboxylic acids is 1. The first-order valence-electron chi connectivity index (χ1n) is 9.21. The summed E-state index contributed by atoms with van der Waals surface area (Å²) in [6, 6.07) is 18.1. The molecule has 1 aliphatic rings. The maximum atomic E-state index is 11.6. The molecule has 0 spiro atoms. The Balaban J connectivity index is 1.37. The lowest BCUT2D eigenvalue weighted by atomic mass is 10.2. The number of carbonyl (C=O) groups is 1. The third-order valence-corrected chi connectivity index (χ3v) is 4.76. The number of piperazine rings is 1. The molecule has 0 amide bonds. The fraction of sp³-hybridized carbons (Fsp3) is 0.381. The Kier molecular flexibility index (Phi) is 6.50. The maximum absolute atomic E-state index is 11.6. The topological polar surface area (TPSA) is 44.8 Å². The van der Waals surface area contributed by atoms with E-state index in [1.807, 2.05) is 18.2 Å². The summed E-state index contributed by atoms with van der Waals surface area (Å²) < 4.78 is 4.76. The molecule has 1 aliphatic heterocycles. The van der Waals surface area contributed by atoms with E-state index in [1.165, 1.54) is 12.8 Å². The zero-order valence-corrected chi connectivity index (χ0v) is 15.4. The fourth-order valence-corrected chi connectivity index (χ4v) is 3.28. The Morgan fingerprint density at radius 2 is 1.81 bits per heavy atom. The summed E-state index contributed by atoms with van der Waals surface area (Å²) in [6.45, 7) is 6.35. The van der Waals surface area contributed by atoms with Crippen molar-refractivity contribution in [1.82, 2.24) is 4.90 Å². The van der Waals surface area contributed by atoms with Crippen molar-refractivity contribution in [1.29, 1.82) is 0 Å². The summed E-state index contributed by atoms with van der Waals surface area (Å²) in [4.78, 5) is 16.5. The predicted octanol–water partition coefficient (Wildman–Crippen LogP) is 3.10. The van der Waals surface area contributed by atoms with Crippen LogP contribution in [-0.2, 0) is 4.74 Å². The molecule has 2 aromatic carbocycles. The van der Waals surface area contributed by atoms with Crippen LogP contribution in [0.4, 0.5) is 11.4 Å². The number of para-hydroxylation sites is 1. The van der Waals surface area contributed by atoms with Gasteiger partial charge in [-0.3, -0.25) is 4.90 Å². The molecule has 5 nitrogen and oxygen atoms in total. The van der Waals surface area contributed by atoms with Crippen LogP contribution in [-0.4, -0.2) is 57.2 Å². The second kappa shape index (κ2) is 9.25. The molecule has 1 fully saturated rings. The van der Waals surface area contributed by atoms with E-state index < -0.39 is 0 Å². The highest BCUT2D eigenvalue weighted by Gasteiger charge is 2.16. The summed E-state index contributed by atoms with van der Waals surface area (Å²) in [5.74, 6) is -0.301. The summed E-state index contributed by atoms with van der Waals surface area (Å²) in [5.41, 5.74) is 2.86. The van der Waals surface area contributed by atoms with E-state index in [0.717, 1.165) is 51.4 Å². The minimum absolute atomic E-state index is 0.301. The minimum Gasteiger partial charge on any atom is -0.465 e. The van der Waals surface area contributed by atoms with Gasteiger partial charge in [0.05, 0.1) is 12.7 Å². The van der Waals surface area contributed by atoms with E-state index in [2.05, 4.69) is 45.4 Å². The van der Waals surface area contributed by atoms with Gasteiger partial charge in [0.15, 0.2) is 0 Å². The first-order valence-corrected chi connectivity index (χ1v) is 9.21. The van der Waals surface area contributed by atoms with Crippen molar-refractivity contribution < 1.29 is 9.53 Å². The SMILES string of the molecule is COC(=O)c1cccc(NCCCN2CCN(c3ccccc3)CC2)c1. The van der Waals surface area contributed by atoms with Crippen LogP contribution in [0.5, 0.6) is 0 Å². The monoisotopic (exact) mass is 353 g/mol. The molecular formula is C21H27N3O2. The zero-order valence-electron chi connectivity index (χ0n) is 15.4. The van der Waals surface area contributed by atoms with Gasteiger partial charge in [-0.1, -0.05) is 24.3 Å². The summed E-state index contributed by atoms with van der Waals surface area (Å²) in [6.07, 6.45) is 1.08. The Morgan fingerprint density at radius 1 is 1.04 bits per heavy atom. The smallest absolute Gasteiger partial charge is 0.337 e. The number of methoxy groups -OCH3 is 1. The summed E-state index contributed by atoms with van der Waals surface area (Å²) in [7, 11) is 1.40. The van der Waals surface area contributed by atoms with Gasteiger partial charge >= 0.3 is 5.97 Å². The zero-order chi connectivity index (χ0) is 18.2. The normalized spacial score (nSPS) is 14.9. The summed E-state index contributed by atoms with van der Waals surface area (Å²) in [5, 5.41) is 3.39. The molecule has 1 N–H and O–H groups in total. The van der Waals surface area contributed by atoms with Crippen molar-refractivity contribution in [3.8, 4) is 0 Å². The Morgan fingerprint density at radius 3 is 2.54 bits per heavy atom. The second-order valence-corrected chi connectivity index (χ2v) is 6.52. The Bertz CT molecular complexity index is 697. The quantitative estimate of drug-likeness (QED) is 0.612. The van der Waals surface area contributed by atoms with E-state index in [1.54, 1.807) is 6.07 Å². The first-order chi connectivity index (χ1) is 12.8. The molecule has 1 saturated heterocycles. The van der Waals surface area contributed by atoms with Crippen molar-refractivity contribution in [2.45, 2.75) is 6.42 Å². The van der Waals surface area contributed by atoms with Crippen LogP contribution < -0.4 is 10.2 Å². The lowest BCUT2D eigenvalue weighted by Crippen LogP contribution is -2.46. The van der Waals surface area contributed by atoms with E-state index in [-0.39, 0.29) is 5.97 Å². The van der Waals surface area contributed by atoms with Crippen molar-refractivity contribution in [3.05, 3.63) is 60.2 Å². The highest BCUT2D eigenvalue weighted by atomic mass is 16.5. The second-order valence-electron chi connectivity index (χ2n) is 6.52. The van der Waals surface area contributed by atoms with Gasteiger partial charge in [0, 0.05) is 44.1 Å². The van der Waals surface area contributed by atoms with Gasteiger partial charge in [-0.25, -0.2) is 4.79 Å². The van der Waals surface area contributed by atoms with Gasteiger partial charge in [-0.05, 0) is 43.3 Å². The number of nitrogens with one attached hydrogen (secondary N) is 1. The summed E-state index contributed by atoms with van der Waals surface area (Å²) >= 11 is 0. The molecule has 1 heterocycles. The van der Waals surface area contributed by atoms with Gasteiger partial charge in [0.2, 0.25) is 0 Å². The number of rotatable bonds is 7. The van der Waals surface area contributed by atoms with Crippen LogP contribution in [0.25, 0.3) is 0 Å². The molecule has 0 unspecified atom stereocenters. The number of anilines is 2.